The van der Waals surface area contributed by atoms with Crippen molar-refractivity contribution in [2.45, 2.75) is 19.1 Å². The van der Waals surface area contributed by atoms with Crippen LogP contribution in [0.25, 0.3) is 0 Å². The molecule has 0 radical (unpaired) electrons. The van der Waals surface area contributed by atoms with E-state index >= 15 is 0 Å². The lowest BCUT2D eigenvalue weighted by molar-refractivity contribution is -0.0584. The lowest BCUT2D eigenvalue weighted by Crippen LogP contribution is -2.27. The molecule has 0 aliphatic heterocycles. The van der Waals surface area contributed by atoms with Crippen molar-refractivity contribution in [3.05, 3.63) is 64.7 Å². The van der Waals surface area contributed by atoms with E-state index in [9.17, 15) is 18.0 Å². The third-order valence-electron chi connectivity index (χ3n) is 3.53. The fourth-order valence-corrected chi connectivity index (χ4v) is 2.45. The molecule has 0 heterocycles. The number of anilines is 1. The van der Waals surface area contributed by atoms with Crippen LogP contribution in [0.5, 0.6) is 0 Å². The number of nitrogens with zero attached hydrogens (tertiary/aromatic N) is 1. The molecule has 138 valence electrons. The van der Waals surface area contributed by atoms with Crippen LogP contribution < -0.4 is 5.32 Å². The Kier molecular flexibility index (Phi) is 6.26. The number of carbonyl (C=O) groups excluding carboxylic acids is 1. The van der Waals surface area contributed by atoms with E-state index in [4.69, 9.17) is 11.6 Å². The zero-order valence-corrected chi connectivity index (χ0v) is 14.7. The summed E-state index contributed by atoms with van der Waals surface area (Å²) in [5.74, 6) is 0. The summed E-state index contributed by atoms with van der Waals surface area (Å²) in [6.07, 6.45) is -5.65. The molecule has 0 aromatic heterocycles. The maximum Gasteiger partial charge on any atom is 0.433 e. The molecule has 0 saturated heterocycles. The summed E-state index contributed by atoms with van der Waals surface area (Å²) in [5.41, 5.74) is -0.947. The van der Waals surface area contributed by atoms with Gasteiger partial charge >= 0.3 is 12.3 Å². The largest absolute Gasteiger partial charge is 0.453 e. The zero-order chi connectivity index (χ0) is 19.3. The van der Waals surface area contributed by atoms with Crippen LogP contribution in [0, 0.1) is 0 Å². The lowest BCUT2D eigenvalue weighted by Gasteiger charge is -2.18. The average Bonchev–Trinajstić information content (AvgIpc) is 2.60. The van der Waals surface area contributed by atoms with E-state index in [2.05, 4.69) is 15.0 Å². The third kappa shape index (κ3) is 4.98. The molecule has 2 rings (SSSR count). The van der Waals surface area contributed by atoms with Gasteiger partial charge in [0.1, 0.15) is 5.71 Å². The van der Waals surface area contributed by atoms with E-state index < -0.39 is 24.0 Å². The minimum absolute atomic E-state index is 0.0831. The molecular weight excluding hydrogens is 369 g/mol. The van der Waals surface area contributed by atoms with Crippen LogP contribution in [0.3, 0.4) is 0 Å². The summed E-state index contributed by atoms with van der Waals surface area (Å²) >= 11 is 5.87. The highest BCUT2D eigenvalue weighted by Gasteiger charge is 2.38. The van der Waals surface area contributed by atoms with Crippen molar-refractivity contribution in [2.24, 2.45) is 4.99 Å². The summed E-state index contributed by atoms with van der Waals surface area (Å²) in [7, 11) is 1.11. The standard InChI is InChI=1S/C18H16ClF3N2O2/c1-11(12-6-4-3-5-7-12)23-16(18(20,21)22)14-10-13(19)8-9-15(14)24-17(25)26-2/h3-11H,1-2H3,(H,24,25)/t11-/m1/s1. The molecular formula is C18H16ClF3N2O2. The Bertz CT molecular complexity index is 808. The summed E-state index contributed by atoms with van der Waals surface area (Å²) in [5, 5.41) is 2.34. The number of hydrogen-bond donors (Lipinski definition) is 1. The Morgan fingerprint density at radius 3 is 2.42 bits per heavy atom. The molecule has 2 aromatic rings. The smallest absolute Gasteiger partial charge is 0.433 e. The average molecular weight is 385 g/mol. The number of amides is 1. The molecule has 1 atom stereocenters. The van der Waals surface area contributed by atoms with Crippen molar-refractivity contribution in [2.75, 3.05) is 12.4 Å². The molecule has 26 heavy (non-hydrogen) atoms. The van der Waals surface area contributed by atoms with Crippen molar-refractivity contribution in [3.8, 4) is 0 Å². The Morgan fingerprint density at radius 2 is 1.85 bits per heavy atom. The molecule has 1 N–H and O–H groups in total. The summed E-state index contributed by atoms with van der Waals surface area (Å²) < 4.78 is 45.5. The van der Waals surface area contributed by atoms with Crippen molar-refractivity contribution in [1.82, 2.24) is 0 Å². The van der Waals surface area contributed by atoms with E-state index in [1.807, 2.05) is 0 Å². The van der Waals surface area contributed by atoms with Gasteiger partial charge in [-0.2, -0.15) is 13.2 Å². The topological polar surface area (TPSA) is 50.7 Å². The number of alkyl halides is 3. The number of nitrogens with one attached hydrogen (secondary N) is 1. The molecule has 0 aliphatic carbocycles. The van der Waals surface area contributed by atoms with Gasteiger partial charge in [-0.05, 0) is 30.7 Å². The van der Waals surface area contributed by atoms with Gasteiger partial charge in [-0.25, -0.2) is 4.79 Å². The van der Waals surface area contributed by atoms with E-state index in [-0.39, 0.29) is 16.3 Å². The Hall–Kier alpha value is -2.54. The van der Waals surface area contributed by atoms with E-state index in [0.717, 1.165) is 13.2 Å². The van der Waals surface area contributed by atoms with E-state index in [1.165, 1.54) is 12.1 Å². The minimum Gasteiger partial charge on any atom is -0.453 e. The van der Waals surface area contributed by atoms with Gasteiger partial charge in [-0.15, -0.1) is 0 Å². The molecule has 8 heteroatoms. The normalized spacial score (nSPS) is 13.2. The van der Waals surface area contributed by atoms with Crippen LogP contribution in [0.1, 0.15) is 24.1 Å². The van der Waals surface area contributed by atoms with E-state index in [1.54, 1.807) is 37.3 Å². The minimum atomic E-state index is -4.75. The molecule has 2 aromatic carbocycles. The van der Waals surface area contributed by atoms with Gasteiger partial charge in [0.2, 0.25) is 0 Å². The van der Waals surface area contributed by atoms with Gasteiger partial charge in [0.05, 0.1) is 18.8 Å². The monoisotopic (exact) mass is 384 g/mol. The quantitative estimate of drug-likeness (QED) is 0.694. The van der Waals surface area contributed by atoms with Crippen LogP contribution in [0.15, 0.2) is 53.5 Å². The first-order valence-corrected chi connectivity index (χ1v) is 7.95. The first kappa shape index (κ1) is 19.8. The van der Waals surface area contributed by atoms with Crippen LogP contribution in [0.4, 0.5) is 23.7 Å². The number of rotatable bonds is 4. The van der Waals surface area contributed by atoms with Gasteiger partial charge < -0.3 is 4.74 Å². The second-order valence-corrected chi connectivity index (χ2v) is 5.81. The second-order valence-electron chi connectivity index (χ2n) is 5.37. The predicted octanol–water partition coefficient (Wildman–Crippen LogP) is 5.63. The number of ether oxygens (including phenoxy) is 1. The number of halogens is 4. The van der Waals surface area contributed by atoms with Gasteiger partial charge in [-0.3, -0.25) is 10.3 Å². The highest BCUT2D eigenvalue weighted by Crippen LogP contribution is 2.32. The maximum atomic E-state index is 13.7. The first-order valence-electron chi connectivity index (χ1n) is 7.57. The van der Waals surface area contributed by atoms with Crippen LogP contribution in [0.2, 0.25) is 5.02 Å². The number of benzene rings is 2. The van der Waals surface area contributed by atoms with Crippen molar-refractivity contribution < 1.29 is 22.7 Å². The SMILES string of the molecule is COC(=O)Nc1ccc(Cl)cc1C(=N[C@H](C)c1ccccc1)C(F)(F)F. The lowest BCUT2D eigenvalue weighted by atomic mass is 10.0. The Balaban J connectivity index is 2.56. The van der Waals surface area contributed by atoms with Crippen molar-refractivity contribution >= 4 is 29.1 Å². The molecule has 0 spiro atoms. The van der Waals surface area contributed by atoms with Crippen LogP contribution in [-0.2, 0) is 4.74 Å². The molecule has 4 nitrogen and oxygen atoms in total. The number of hydrogen-bond acceptors (Lipinski definition) is 3. The number of aliphatic imine (C=N–C) groups is 1. The van der Waals surface area contributed by atoms with Gasteiger partial charge in [-0.1, -0.05) is 41.9 Å². The third-order valence-corrected chi connectivity index (χ3v) is 3.77. The fraction of sp³-hybridized carbons (Fsp3) is 0.222. The van der Waals surface area contributed by atoms with Gasteiger partial charge in [0, 0.05) is 10.6 Å². The number of methoxy groups -OCH3 is 1. The Labute approximate surface area is 153 Å². The maximum absolute atomic E-state index is 13.7. The van der Waals surface area contributed by atoms with Crippen LogP contribution in [-0.4, -0.2) is 25.1 Å². The zero-order valence-electron chi connectivity index (χ0n) is 14.0. The molecule has 1 amide bonds. The predicted molar refractivity (Wildman–Crippen MR) is 94.9 cm³/mol. The number of carbonyl (C=O) groups is 1. The molecule has 0 saturated carbocycles. The van der Waals surface area contributed by atoms with Crippen molar-refractivity contribution in [1.29, 1.82) is 0 Å². The van der Waals surface area contributed by atoms with E-state index in [0.29, 0.717) is 5.56 Å². The van der Waals surface area contributed by atoms with Gasteiger partial charge in [0.25, 0.3) is 0 Å². The Morgan fingerprint density at radius 1 is 1.19 bits per heavy atom. The van der Waals surface area contributed by atoms with Crippen LogP contribution >= 0.6 is 11.6 Å². The van der Waals surface area contributed by atoms with Crippen molar-refractivity contribution in [3.63, 3.8) is 0 Å². The molecule has 0 aliphatic rings. The van der Waals surface area contributed by atoms with Gasteiger partial charge in [0.15, 0.2) is 0 Å². The molecule has 0 bridgehead atoms. The fourth-order valence-electron chi connectivity index (χ4n) is 2.28. The molecule has 0 fully saturated rings. The summed E-state index contributed by atoms with van der Waals surface area (Å²) in [6.45, 7) is 1.55. The highest BCUT2D eigenvalue weighted by atomic mass is 35.5. The second kappa shape index (κ2) is 8.23. The highest BCUT2D eigenvalue weighted by molar-refractivity contribution is 6.31. The summed E-state index contributed by atoms with van der Waals surface area (Å²) in [4.78, 5) is 15.3. The molecule has 0 unspecified atom stereocenters. The first-order chi connectivity index (χ1) is 12.2. The summed E-state index contributed by atoms with van der Waals surface area (Å²) in [6, 6.07) is 11.6.